The van der Waals surface area contributed by atoms with E-state index in [0.717, 1.165) is 11.4 Å². The number of rotatable bonds is 6. The number of carbonyl (C=O) groups is 1. The number of aromatic nitrogens is 2. The third-order valence-corrected chi connectivity index (χ3v) is 4.02. The van der Waals surface area contributed by atoms with Gasteiger partial charge in [-0.2, -0.15) is 0 Å². The summed E-state index contributed by atoms with van der Waals surface area (Å²) in [6.45, 7) is 6.22. The first kappa shape index (κ1) is 15.6. The lowest BCUT2D eigenvalue weighted by Gasteiger charge is -2.08. The van der Waals surface area contributed by atoms with E-state index in [1.807, 2.05) is 32.0 Å². The van der Waals surface area contributed by atoms with Crippen LogP contribution in [0.15, 0.2) is 30.3 Å². The zero-order chi connectivity index (χ0) is 15.2. The molecule has 0 spiro atoms. The van der Waals surface area contributed by atoms with Crippen LogP contribution in [-0.4, -0.2) is 16.1 Å². The maximum Gasteiger partial charge on any atom is 0.226 e. The zero-order valence-corrected chi connectivity index (χ0v) is 13.5. The van der Waals surface area contributed by atoms with Crippen LogP contribution >= 0.6 is 11.3 Å². The fraction of sp³-hybridized carbons (Fsp3) is 0.438. The van der Waals surface area contributed by atoms with Gasteiger partial charge in [0.1, 0.15) is 5.01 Å². The van der Waals surface area contributed by atoms with E-state index in [-0.39, 0.29) is 5.91 Å². The molecule has 1 heterocycles. The molecule has 0 bridgehead atoms. The number of hydrogen-bond acceptors (Lipinski definition) is 4. The third kappa shape index (κ3) is 4.93. The number of anilines is 1. The fourth-order valence-corrected chi connectivity index (χ4v) is 2.97. The molecule has 5 heteroatoms. The molecule has 0 aliphatic rings. The van der Waals surface area contributed by atoms with Crippen molar-refractivity contribution in [3.8, 4) is 0 Å². The van der Waals surface area contributed by atoms with Gasteiger partial charge in [-0.25, -0.2) is 0 Å². The largest absolute Gasteiger partial charge is 0.301 e. The second-order valence-electron chi connectivity index (χ2n) is 5.66. The summed E-state index contributed by atoms with van der Waals surface area (Å²) in [7, 11) is 0. The number of hydrogen-bond donors (Lipinski definition) is 1. The molecule has 2 rings (SSSR count). The molecule has 1 amide bonds. The normalized spacial score (nSPS) is 12.4. The maximum absolute atomic E-state index is 11.7. The SMILES string of the molecule is CC(C)CC(=O)Nc1nnc(CC(C)c2ccccc2)s1. The van der Waals surface area contributed by atoms with Gasteiger partial charge in [0, 0.05) is 12.8 Å². The van der Waals surface area contributed by atoms with E-state index in [0.29, 0.717) is 23.4 Å². The molecular weight excluding hydrogens is 282 g/mol. The summed E-state index contributed by atoms with van der Waals surface area (Å²) >= 11 is 1.46. The molecule has 1 N–H and O–H groups in total. The second kappa shape index (κ2) is 7.31. The molecule has 0 saturated heterocycles. The first-order valence-electron chi connectivity index (χ1n) is 7.21. The Kier molecular flexibility index (Phi) is 5.44. The number of carbonyl (C=O) groups excluding carboxylic acids is 1. The smallest absolute Gasteiger partial charge is 0.226 e. The summed E-state index contributed by atoms with van der Waals surface area (Å²) in [5.41, 5.74) is 1.29. The summed E-state index contributed by atoms with van der Waals surface area (Å²) in [4.78, 5) is 11.7. The van der Waals surface area contributed by atoms with Crippen molar-refractivity contribution in [2.45, 2.75) is 39.5 Å². The number of benzene rings is 1. The lowest BCUT2D eigenvalue weighted by molar-refractivity contribution is -0.116. The van der Waals surface area contributed by atoms with Crippen molar-refractivity contribution in [3.63, 3.8) is 0 Å². The van der Waals surface area contributed by atoms with Gasteiger partial charge >= 0.3 is 0 Å². The van der Waals surface area contributed by atoms with Crippen molar-refractivity contribution in [2.75, 3.05) is 5.32 Å². The van der Waals surface area contributed by atoms with Gasteiger partial charge in [0.25, 0.3) is 0 Å². The van der Waals surface area contributed by atoms with E-state index in [9.17, 15) is 4.79 Å². The minimum absolute atomic E-state index is 0.00353. The van der Waals surface area contributed by atoms with Crippen molar-refractivity contribution < 1.29 is 4.79 Å². The minimum atomic E-state index is 0.00353. The molecule has 0 saturated carbocycles. The number of amides is 1. The Morgan fingerprint density at radius 1 is 1.19 bits per heavy atom. The highest BCUT2D eigenvalue weighted by molar-refractivity contribution is 7.15. The zero-order valence-electron chi connectivity index (χ0n) is 12.7. The van der Waals surface area contributed by atoms with E-state index in [1.165, 1.54) is 16.9 Å². The van der Waals surface area contributed by atoms with Crippen molar-refractivity contribution >= 4 is 22.4 Å². The van der Waals surface area contributed by atoms with Crippen molar-refractivity contribution in [1.82, 2.24) is 10.2 Å². The molecular formula is C16H21N3OS. The van der Waals surface area contributed by atoms with Crippen LogP contribution in [-0.2, 0) is 11.2 Å². The summed E-state index contributed by atoms with van der Waals surface area (Å²) in [5, 5.41) is 12.6. The third-order valence-electron chi connectivity index (χ3n) is 3.16. The predicted octanol–water partition coefficient (Wildman–Crippen LogP) is 3.87. The molecule has 1 aromatic heterocycles. The summed E-state index contributed by atoms with van der Waals surface area (Å²) in [5.74, 6) is 0.734. The van der Waals surface area contributed by atoms with Gasteiger partial charge in [-0.3, -0.25) is 4.79 Å². The van der Waals surface area contributed by atoms with E-state index in [2.05, 4.69) is 34.6 Å². The van der Waals surface area contributed by atoms with E-state index >= 15 is 0 Å². The van der Waals surface area contributed by atoms with E-state index in [4.69, 9.17) is 0 Å². The van der Waals surface area contributed by atoms with E-state index < -0.39 is 0 Å². The molecule has 2 aromatic rings. The maximum atomic E-state index is 11.7. The molecule has 0 radical (unpaired) electrons. The summed E-state index contributed by atoms with van der Waals surface area (Å²) in [6, 6.07) is 10.4. The minimum Gasteiger partial charge on any atom is -0.301 e. The highest BCUT2D eigenvalue weighted by Crippen LogP contribution is 2.24. The van der Waals surface area contributed by atoms with Crippen LogP contribution in [0.1, 0.15) is 43.7 Å². The van der Waals surface area contributed by atoms with Gasteiger partial charge in [0.15, 0.2) is 0 Å². The van der Waals surface area contributed by atoms with Crippen LogP contribution in [0.4, 0.5) is 5.13 Å². The first-order valence-corrected chi connectivity index (χ1v) is 8.03. The van der Waals surface area contributed by atoms with Crippen LogP contribution in [0.2, 0.25) is 0 Å². The predicted molar refractivity (Wildman–Crippen MR) is 86.6 cm³/mol. The van der Waals surface area contributed by atoms with Crippen molar-refractivity contribution in [1.29, 1.82) is 0 Å². The average Bonchev–Trinajstić information content (AvgIpc) is 2.85. The average molecular weight is 303 g/mol. The summed E-state index contributed by atoms with van der Waals surface area (Å²) < 4.78 is 0. The Labute approximate surface area is 129 Å². The Morgan fingerprint density at radius 2 is 1.90 bits per heavy atom. The first-order chi connectivity index (χ1) is 10.0. The second-order valence-corrected chi connectivity index (χ2v) is 6.73. The van der Waals surface area contributed by atoms with Gasteiger partial charge in [0.05, 0.1) is 0 Å². The van der Waals surface area contributed by atoms with Gasteiger partial charge in [0.2, 0.25) is 11.0 Å². The molecule has 1 aromatic carbocycles. The lowest BCUT2D eigenvalue weighted by atomic mass is 9.98. The Morgan fingerprint density at radius 3 is 2.57 bits per heavy atom. The molecule has 1 unspecified atom stereocenters. The van der Waals surface area contributed by atoms with Gasteiger partial charge in [-0.15, -0.1) is 10.2 Å². The molecule has 21 heavy (non-hydrogen) atoms. The van der Waals surface area contributed by atoms with Gasteiger partial charge in [-0.1, -0.05) is 62.4 Å². The fourth-order valence-electron chi connectivity index (χ4n) is 2.09. The van der Waals surface area contributed by atoms with Crippen LogP contribution in [0.5, 0.6) is 0 Å². The highest BCUT2D eigenvalue weighted by Gasteiger charge is 2.12. The quantitative estimate of drug-likeness (QED) is 0.881. The van der Waals surface area contributed by atoms with Crippen LogP contribution in [0, 0.1) is 5.92 Å². The number of nitrogens with one attached hydrogen (secondary N) is 1. The van der Waals surface area contributed by atoms with Crippen molar-refractivity contribution in [2.24, 2.45) is 5.92 Å². The highest BCUT2D eigenvalue weighted by atomic mass is 32.1. The standard InChI is InChI=1S/C16H21N3OS/c1-11(2)9-14(20)17-16-19-18-15(21-16)10-12(3)13-7-5-4-6-8-13/h4-8,11-12H,9-10H2,1-3H3,(H,17,19,20). The van der Waals surface area contributed by atoms with Crippen LogP contribution < -0.4 is 5.32 Å². The summed E-state index contributed by atoms with van der Waals surface area (Å²) in [6.07, 6.45) is 1.34. The monoisotopic (exact) mass is 303 g/mol. The molecule has 0 fully saturated rings. The Bertz CT molecular complexity index is 580. The molecule has 112 valence electrons. The topological polar surface area (TPSA) is 54.9 Å². The molecule has 0 aliphatic carbocycles. The van der Waals surface area contributed by atoms with Crippen molar-refractivity contribution in [3.05, 3.63) is 40.9 Å². The Balaban J connectivity index is 1.92. The van der Waals surface area contributed by atoms with Crippen LogP contribution in [0.25, 0.3) is 0 Å². The molecule has 1 atom stereocenters. The van der Waals surface area contributed by atoms with Gasteiger partial charge < -0.3 is 5.32 Å². The number of nitrogens with zero attached hydrogens (tertiary/aromatic N) is 2. The molecule has 0 aliphatic heterocycles. The van der Waals surface area contributed by atoms with Crippen LogP contribution in [0.3, 0.4) is 0 Å². The molecule has 4 nitrogen and oxygen atoms in total. The van der Waals surface area contributed by atoms with Gasteiger partial charge in [-0.05, 0) is 17.4 Å². The Hall–Kier alpha value is -1.75. The lowest BCUT2D eigenvalue weighted by Crippen LogP contribution is -2.13. The van der Waals surface area contributed by atoms with E-state index in [1.54, 1.807) is 0 Å².